The Morgan fingerprint density at radius 1 is 1.00 bits per heavy atom. The Hall–Kier alpha value is -1.56. The van der Waals surface area contributed by atoms with Gasteiger partial charge in [0.15, 0.2) is 0 Å². The lowest BCUT2D eigenvalue weighted by molar-refractivity contribution is 1.48. The van der Waals surface area contributed by atoms with Gasteiger partial charge in [0.1, 0.15) is 0 Å². The highest BCUT2D eigenvalue weighted by atomic mass is 14.0. The monoisotopic (exact) mass is 198 g/mol. The van der Waals surface area contributed by atoms with Crippen molar-refractivity contribution in [2.75, 3.05) is 0 Å². The Kier molecular flexibility index (Phi) is 4.11. The zero-order chi connectivity index (χ0) is 11.3. The summed E-state index contributed by atoms with van der Waals surface area (Å²) in [7, 11) is 0. The first-order valence-electron chi connectivity index (χ1n) is 5.43. The molecule has 2 rings (SSSR count). The standard InChI is InChI=1S/C13H12.C2H6/c1-3-12-10(2)8-9-11-6-4-5-7-13(11)12;1-2/h3-9H,1H2,2H3;1-2H3. The Morgan fingerprint density at radius 2 is 1.67 bits per heavy atom. The molecule has 0 heteroatoms. The van der Waals surface area contributed by atoms with Crippen LogP contribution in [0.25, 0.3) is 16.8 Å². The second-order valence-corrected chi connectivity index (χ2v) is 3.22. The van der Waals surface area contributed by atoms with E-state index in [0.717, 1.165) is 0 Å². The fraction of sp³-hybridized carbons (Fsp3) is 0.200. The Labute approximate surface area is 92.3 Å². The van der Waals surface area contributed by atoms with E-state index in [-0.39, 0.29) is 0 Å². The first kappa shape index (κ1) is 11.5. The van der Waals surface area contributed by atoms with Crippen molar-refractivity contribution < 1.29 is 0 Å². The minimum atomic E-state index is 1.25. The van der Waals surface area contributed by atoms with Gasteiger partial charge >= 0.3 is 0 Å². The van der Waals surface area contributed by atoms with Crippen LogP contribution in [-0.2, 0) is 0 Å². The molecule has 2 aromatic rings. The van der Waals surface area contributed by atoms with Crippen LogP contribution in [0.15, 0.2) is 43.0 Å². The lowest BCUT2D eigenvalue weighted by atomic mass is 10.00. The van der Waals surface area contributed by atoms with Gasteiger partial charge < -0.3 is 0 Å². The topological polar surface area (TPSA) is 0 Å². The molecule has 0 radical (unpaired) electrons. The molecule has 0 aliphatic rings. The number of aryl methyl sites for hydroxylation is 1. The Balaban J connectivity index is 0.000000531. The van der Waals surface area contributed by atoms with Crippen LogP contribution in [0, 0.1) is 6.92 Å². The molecule has 0 fully saturated rings. The van der Waals surface area contributed by atoms with E-state index in [4.69, 9.17) is 0 Å². The van der Waals surface area contributed by atoms with E-state index in [9.17, 15) is 0 Å². The summed E-state index contributed by atoms with van der Waals surface area (Å²) in [5.41, 5.74) is 2.53. The van der Waals surface area contributed by atoms with E-state index in [1.54, 1.807) is 0 Å². The minimum absolute atomic E-state index is 1.25. The molecule has 0 N–H and O–H groups in total. The van der Waals surface area contributed by atoms with E-state index in [1.165, 1.54) is 21.9 Å². The van der Waals surface area contributed by atoms with Crippen molar-refractivity contribution in [1.82, 2.24) is 0 Å². The van der Waals surface area contributed by atoms with Gasteiger partial charge in [0.2, 0.25) is 0 Å². The van der Waals surface area contributed by atoms with Gasteiger partial charge in [0.05, 0.1) is 0 Å². The molecule has 0 nitrogen and oxygen atoms in total. The number of hydrogen-bond donors (Lipinski definition) is 0. The molecule has 0 saturated heterocycles. The van der Waals surface area contributed by atoms with Crippen LogP contribution < -0.4 is 0 Å². The van der Waals surface area contributed by atoms with Gasteiger partial charge in [0.25, 0.3) is 0 Å². The molecule has 0 aliphatic heterocycles. The molecule has 15 heavy (non-hydrogen) atoms. The summed E-state index contributed by atoms with van der Waals surface area (Å²) < 4.78 is 0. The van der Waals surface area contributed by atoms with Gasteiger partial charge in [-0.2, -0.15) is 0 Å². The highest BCUT2D eigenvalue weighted by molar-refractivity contribution is 5.91. The quantitative estimate of drug-likeness (QED) is 0.616. The van der Waals surface area contributed by atoms with Crippen LogP contribution in [0.3, 0.4) is 0 Å². The average molecular weight is 198 g/mol. The van der Waals surface area contributed by atoms with E-state index in [2.05, 4.69) is 49.9 Å². The van der Waals surface area contributed by atoms with Crippen LogP contribution >= 0.6 is 0 Å². The van der Waals surface area contributed by atoms with Crippen molar-refractivity contribution in [2.45, 2.75) is 20.8 Å². The molecular formula is C15H18. The van der Waals surface area contributed by atoms with E-state index >= 15 is 0 Å². The third kappa shape index (κ3) is 2.27. The highest BCUT2D eigenvalue weighted by Gasteiger charge is 1.99. The molecule has 0 aliphatic carbocycles. The number of benzene rings is 2. The number of fused-ring (bicyclic) bond motifs is 1. The molecule has 0 aromatic heterocycles. The van der Waals surface area contributed by atoms with Crippen LogP contribution in [0.4, 0.5) is 0 Å². The van der Waals surface area contributed by atoms with Crippen molar-refractivity contribution in [1.29, 1.82) is 0 Å². The van der Waals surface area contributed by atoms with Crippen LogP contribution in [-0.4, -0.2) is 0 Å². The molecule has 0 bridgehead atoms. The summed E-state index contributed by atoms with van der Waals surface area (Å²) in [6, 6.07) is 12.7. The molecule has 0 unspecified atom stereocenters. The Morgan fingerprint density at radius 3 is 2.33 bits per heavy atom. The molecule has 78 valence electrons. The molecule has 0 amide bonds. The third-order valence-corrected chi connectivity index (χ3v) is 2.39. The first-order valence-corrected chi connectivity index (χ1v) is 5.43. The predicted octanol–water partition coefficient (Wildman–Crippen LogP) is 4.82. The van der Waals surface area contributed by atoms with Crippen LogP contribution in [0.2, 0.25) is 0 Å². The minimum Gasteiger partial charge on any atom is -0.0984 e. The molecule has 0 heterocycles. The zero-order valence-electron chi connectivity index (χ0n) is 9.75. The number of hydrogen-bond acceptors (Lipinski definition) is 0. The molecule has 0 atom stereocenters. The van der Waals surface area contributed by atoms with Crippen molar-refractivity contribution in [3.05, 3.63) is 54.1 Å². The summed E-state index contributed by atoms with van der Waals surface area (Å²) >= 11 is 0. The normalized spacial score (nSPS) is 9.27. The van der Waals surface area contributed by atoms with Gasteiger partial charge in [-0.1, -0.05) is 62.9 Å². The lowest BCUT2D eigenvalue weighted by Crippen LogP contribution is -1.82. The smallest absolute Gasteiger partial charge is 0.0109 e. The molecular weight excluding hydrogens is 180 g/mol. The van der Waals surface area contributed by atoms with Crippen molar-refractivity contribution >= 4 is 16.8 Å². The number of rotatable bonds is 1. The Bertz CT molecular complexity index is 453. The van der Waals surface area contributed by atoms with Gasteiger partial charge in [0, 0.05) is 0 Å². The van der Waals surface area contributed by atoms with Crippen molar-refractivity contribution in [3.63, 3.8) is 0 Å². The molecule has 2 aromatic carbocycles. The van der Waals surface area contributed by atoms with Crippen LogP contribution in [0.1, 0.15) is 25.0 Å². The SMILES string of the molecule is C=Cc1c(C)ccc2ccccc12.CC. The highest BCUT2D eigenvalue weighted by Crippen LogP contribution is 2.22. The fourth-order valence-corrected chi connectivity index (χ4v) is 1.68. The van der Waals surface area contributed by atoms with E-state index in [0.29, 0.717) is 0 Å². The second-order valence-electron chi connectivity index (χ2n) is 3.22. The maximum absolute atomic E-state index is 3.84. The summed E-state index contributed by atoms with van der Waals surface area (Å²) in [5.74, 6) is 0. The largest absolute Gasteiger partial charge is 0.0984 e. The summed E-state index contributed by atoms with van der Waals surface area (Å²) in [6.07, 6.45) is 1.93. The maximum atomic E-state index is 3.84. The molecule has 0 saturated carbocycles. The van der Waals surface area contributed by atoms with Crippen molar-refractivity contribution in [3.8, 4) is 0 Å². The van der Waals surface area contributed by atoms with Gasteiger partial charge in [-0.15, -0.1) is 0 Å². The lowest BCUT2D eigenvalue weighted by Gasteiger charge is -2.05. The zero-order valence-corrected chi connectivity index (χ0v) is 9.75. The maximum Gasteiger partial charge on any atom is -0.0109 e. The van der Waals surface area contributed by atoms with Crippen LogP contribution in [0.5, 0.6) is 0 Å². The second kappa shape index (κ2) is 5.35. The third-order valence-electron chi connectivity index (χ3n) is 2.39. The fourth-order valence-electron chi connectivity index (χ4n) is 1.68. The van der Waals surface area contributed by atoms with E-state index < -0.39 is 0 Å². The summed E-state index contributed by atoms with van der Waals surface area (Å²) in [4.78, 5) is 0. The van der Waals surface area contributed by atoms with Gasteiger partial charge in [-0.05, 0) is 28.8 Å². The van der Waals surface area contributed by atoms with Crippen molar-refractivity contribution in [2.24, 2.45) is 0 Å². The average Bonchev–Trinajstić information content (AvgIpc) is 2.32. The summed E-state index contributed by atoms with van der Waals surface area (Å²) in [5, 5.41) is 2.57. The first-order chi connectivity index (χ1) is 7.33. The predicted molar refractivity (Wildman–Crippen MR) is 70.1 cm³/mol. The van der Waals surface area contributed by atoms with Gasteiger partial charge in [-0.25, -0.2) is 0 Å². The van der Waals surface area contributed by atoms with Gasteiger partial charge in [-0.3, -0.25) is 0 Å². The molecule has 0 spiro atoms. The summed E-state index contributed by atoms with van der Waals surface area (Å²) in [6.45, 7) is 9.96. The van der Waals surface area contributed by atoms with E-state index in [1.807, 2.05) is 19.9 Å².